The van der Waals surface area contributed by atoms with Crippen molar-refractivity contribution >= 4 is 94.9 Å². The molecule has 4 aromatic carbocycles. The van der Waals surface area contributed by atoms with Crippen molar-refractivity contribution in [3.63, 3.8) is 0 Å². The maximum absolute atomic E-state index is 16.9. The third kappa shape index (κ3) is 8.32. The minimum Gasteiger partial charge on any atom is -0.657 e. The monoisotopic (exact) mass is 1180 g/mol. The van der Waals surface area contributed by atoms with Crippen LogP contribution in [0.4, 0.5) is 84.2 Å². The number of aromatic nitrogens is 4. The van der Waals surface area contributed by atoms with Gasteiger partial charge in [-0.1, -0.05) is 24.3 Å². The molecule has 0 spiro atoms. The van der Waals surface area contributed by atoms with Crippen molar-refractivity contribution in [2.24, 2.45) is 0 Å². The van der Waals surface area contributed by atoms with Crippen molar-refractivity contribution in [1.82, 2.24) is 37.9 Å². The zero-order chi connectivity index (χ0) is 58.1. The van der Waals surface area contributed by atoms with Gasteiger partial charge in [-0.05, 0) is 0 Å². The van der Waals surface area contributed by atoms with Crippen LogP contribution >= 0.6 is 0 Å². The van der Waals surface area contributed by atoms with Gasteiger partial charge in [0.25, 0.3) is 0 Å². The van der Waals surface area contributed by atoms with Gasteiger partial charge in [-0.25, -0.2) is 36.1 Å². The molecule has 0 saturated heterocycles. The van der Waals surface area contributed by atoms with Crippen molar-refractivity contribution in [2.75, 3.05) is 84.6 Å². The average molecular weight is 1180 g/mol. The Morgan fingerprint density at radius 3 is 1.01 bits per heavy atom. The number of carbonyl (C=O) groups is 1. The van der Waals surface area contributed by atoms with Gasteiger partial charge in [0.2, 0.25) is 86.6 Å². The zero-order valence-corrected chi connectivity index (χ0v) is 47.0. The molecule has 0 unspecified atom stereocenters. The average Bonchev–Trinajstić information content (AvgIpc) is 4.20. The fourth-order valence-corrected chi connectivity index (χ4v) is 9.73. The van der Waals surface area contributed by atoms with E-state index in [0.29, 0.717) is 0 Å². The number of furan rings is 2. The largest absolute Gasteiger partial charge is 2.00 e. The van der Waals surface area contributed by atoms with E-state index in [0.717, 1.165) is 66.6 Å². The molecule has 0 saturated carbocycles. The number of benzene rings is 4. The molecule has 80 heavy (non-hydrogen) atoms. The molecule has 5 aromatic heterocycles. The van der Waals surface area contributed by atoms with E-state index in [1.165, 1.54) is 42.3 Å². The predicted molar refractivity (Wildman–Crippen MR) is 267 cm³/mol. The first-order valence-corrected chi connectivity index (χ1v) is 23.2. The second kappa shape index (κ2) is 18.6. The number of fused-ring (bicyclic) bond motifs is 14. The van der Waals surface area contributed by atoms with Crippen molar-refractivity contribution < 1.29 is 99.3 Å². The Kier molecular flexibility index (Phi) is 13.3. The molecular weight excluding hydrogens is 1140 g/mol. The van der Waals surface area contributed by atoms with E-state index in [1.54, 1.807) is 0 Å². The maximum Gasteiger partial charge on any atom is 2.00 e. The van der Waals surface area contributed by atoms with E-state index in [2.05, 4.69) is 19.9 Å². The fourth-order valence-electron chi connectivity index (χ4n) is 9.73. The van der Waals surface area contributed by atoms with Crippen LogP contribution in [0.3, 0.4) is 0 Å². The molecule has 6 heterocycles. The molecule has 1 aliphatic rings. The number of carbonyl (C=O) groups excluding carboxylic acids is 1. The van der Waals surface area contributed by atoms with Crippen molar-refractivity contribution in [3.8, 4) is 28.1 Å². The van der Waals surface area contributed by atoms with Crippen LogP contribution in [0.2, 0.25) is 0 Å². The SMILES string of the molecule is C[N+](C)(C)c1c(F)c(F)c(-c2c3nc(c(-c4c(F)c(F)c([N+](C)(C)C)c(F)c4F)c4ccc([n-]4)c4c(nc5oc6c(F)c([N+](C)(C)C)c(F)c(F)c6c5c5ccc2[n-]5)oc2c(F)c([N+](C)(C)C)c(F)c(F)c24)C(=O)O3)c(F)c1F.[Zn+2]. The van der Waals surface area contributed by atoms with Gasteiger partial charge < -0.3 is 23.5 Å². The normalized spacial score (nSPS) is 13.2. The number of rotatable bonds is 6. The number of hydrogen-bond donors (Lipinski definition) is 0. The van der Waals surface area contributed by atoms with Gasteiger partial charge >= 0.3 is 25.4 Å². The van der Waals surface area contributed by atoms with E-state index in [9.17, 15) is 4.79 Å². The number of halogens is 14. The van der Waals surface area contributed by atoms with Gasteiger partial charge in [-0.15, -0.1) is 22.1 Å². The van der Waals surface area contributed by atoms with Gasteiger partial charge in [-0.2, -0.15) is 40.1 Å². The standard InChI is InChI=1S/C53H40F14N8O4.Zn/c1-72(2,3)44-35(60)29(54)25(30(55)36(44)61)21-17-13-14-19(68-17)23-27-33(58)39(64)46(74(7,8)9)41(66)48(27)77-51(23)71-52-24(28-34(59)40(65)47(75(10,11)12)42(67)49(28)78-52)20-16-15-18(69-20)22(50-70-43(21)53(76)79-50)26-31(56)37(62)45(73(4,5)6)38(63)32(26)57;/h13-16H,1-12H3;/q2*+2. The van der Waals surface area contributed by atoms with Gasteiger partial charge in [-0.3, -0.25) is 17.9 Å². The molecular formula is C53H40F14N8O4Zn+4. The summed E-state index contributed by atoms with van der Waals surface area (Å²) in [5.74, 6) is -30.6. The number of hydrogen-bond acceptors (Lipinski definition) is 6. The Morgan fingerprint density at radius 1 is 0.362 bits per heavy atom. The molecule has 6 bridgehead atoms. The van der Waals surface area contributed by atoms with E-state index in [-0.39, 0.29) is 19.5 Å². The minimum atomic E-state index is -2.21. The molecule has 10 rings (SSSR count). The molecule has 0 N–H and O–H groups in total. The first-order valence-electron chi connectivity index (χ1n) is 23.2. The van der Waals surface area contributed by atoms with Crippen molar-refractivity contribution in [3.05, 3.63) is 111 Å². The molecule has 1 aliphatic heterocycles. The van der Waals surface area contributed by atoms with Crippen LogP contribution in [0, 0.1) is 81.4 Å². The van der Waals surface area contributed by atoms with Crippen LogP contribution in [0.25, 0.3) is 88.5 Å². The van der Waals surface area contributed by atoms with Crippen LogP contribution in [0.5, 0.6) is 5.88 Å². The molecule has 0 amide bonds. The molecule has 0 radical (unpaired) electrons. The summed E-state index contributed by atoms with van der Waals surface area (Å²) in [5, 5.41) is -3.93. The van der Waals surface area contributed by atoms with Crippen LogP contribution in [0.1, 0.15) is 10.5 Å². The van der Waals surface area contributed by atoms with Gasteiger partial charge in [0.05, 0.1) is 106 Å². The second-order valence-corrected chi connectivity index (χ2v) is 22.0. The first kappa shape index (κ1) is 57.2. The molecule has 0 fully saturated rings. The minimum absolute atomic E-state index is 0. The first-order chi connectivity index (χ1) is 36.5. The quantitative estimate of drug-likeness (QED) is 0.0533. The van der Waals surface area contributed by atoms with Crippen LogP contribution < -0.4 is 32.6 Å². The summed E-state index contributed by atoms with van der Waals surface area (Å²) < 4.78 is 246. The summed E-state index contributed by atoms with van der Waals surface area (Å²) in [6, 6.07) is 3.23. The molecule has 0 aliphatic carbocycles. The summed E-state index contributed by atoms with van der Waals surface area (Å²) >= 11 is 0. The van der Waals surface area contributed by atoms with Crippen LogP contribution in [0.15, 0.2) is 33.1 Å². The second-order valence-electron chi connectivity index (χ2n) is 22.0. The van der Waals surface area contributed by atoms with E-state index in [4.69, 9.17) is 13.6 Å². The van der Waals surface area contributed by atoms with Gasteiger partial charge in [0, 0.05) is 21.9 Å². The Hall–Kier alpha value is -7.45. The number of nitrogens with zero attached hydrogens (tertiary/aromatic N) is 8. The Bertz CT molecular complexity index is 4370. The third-order valence-corrected chi connectivity index (χ3v) is 13.1. The Balaban J connectivity index is 0.00000774. The van der Waals surface area contributed by atoms with Gasteiger partial charge in [0.15, 0.2) is 51.8 Å². The summed E-state index contributed by atoms with van der Waals surface area (Å²) in [5.41, 5.74) is -19.5. The summed E-state index contributed by atoms with van der Waals surface area (Å²) in [4.78, 5) is 31.1. The summed E-state index contributed by atoms with van der Waals surface area (Å²) in [7, 11) is 14.3. The third-order valence-electron chi connectivity index (χ3n) is 13.1. The van der Waals surface area contributed by atoms with Crippen molar-refractivity contribution in [2.45, 2.75) is 0 Å². The van der Waals surface area contributed by atoms with Crippen LogP contribution in [-0.2, 0) is 19.5 Å². The fraction of sp³-hybridized carbons (Fsp3) is 0.226. The molecule has 9 aromatic rings. The topological polar surface area (TPSA) is 107 Å². The predicted octanol–water partition coefficient (Wildman–Crippen LogP) is 12.3. The molecule has 12 nitrogen and oxygen atoms in total. The summed E-state index contributed by atoms with van der Waals surface area (Å²) in [6.07, 6.45) is 0. The Labute approximate surface area is 454 Å². The number of ether oxygens (including phenoxy) is 1. The molecule has 27 heteroatoms. The molecule has 412 valence electrons. The van der Waals surface area contributed by atoms with Crippen LogP contribution in [-0.4, -0.2) is 101 Å². The van der Waals surface area contributed by atoms with E-state index in [1.807, 2.05) is 0 Å². The maximum atomic E-state index is 16.9. The Morgan fingerprint density at radius 2 is 0.662 bits per heavy atom. The molecule has 0 atom stereocenters. The zero-order valence-electron chi connectivity index (χ0n) is 44.0. The van der Waals surface area contributed by atoms with Gasteiger partial charge in [0.1, 0.15) is 0 Å². The smallest absolute Gasteiger partial charge is 0.657 e. The number of esters is 1. The van der Waals surface area contributed by atoms with Crippen molar-refractivity contribution in [1.29, 1.82) is 0 Å². The summed E-state index contributed by atoms with van der Waals surface area (Å²) in [6.45, 7) is 0. The number of quaternary nitrogens is 4. The van der Waals surface area contributed by atoms with E-state index < -0.39 is 228 Å². The van der Waals surface area contributed by atoms with E-state index >= 15 is 61.5 Å².